The second-order valence-corrected chi connectivity index (χ2v) is 2.14. The van der Waals surface area contributed by atoms with E-state index in [2.05, 4.69) is 4.74 Å². The fourth-order valence-electron chi connectivity index (χ4n) is 0.142. The van der Waals surface area contributed by atoms with E-state index in [4.69, 9.17) is 0 Å². The average Bonchev–Trinajstić information content (AvgIpc) is 1.61. The zero-order valence-corrected chi connectivity index (χ0v) is 5.25. The van der Waals surface area contributed by atoms with Gasteiger partial charge in [0.15, 0.2) is 5.12 Å². The van der Waals surface area contributed by atoms with Gasteiger partial charge >= 0.3 is 0 Å². The Morgan fingerprint density at radius 3 is 2.57 bits per heavy atom. The van der Waals surface area contributed by atoms with Crippen LogP contribution in [0.5, 0.6) is 0 Å². The van der Waals surface area contributed by atoms with Gasteiger partial charge in [0.2, 0.25) is 0 Å². The van der Waals surface area contributed by atoms with Gasteiger partial charge in [-0.3, -0.25) is 4.79 Å². The summed E-state index contributed by atoms with van der Waals surface area (Å²) in [5, 5.41) is 0.0989. The Morgan fingerprint density at radius 2 is 2.43 bits per heavy atom. The van der Waals surface area contributed by atoms with E-state index in [1.54, 1.807) is 7.11 Å². The Labute approximate surface area is 47.2 Å². The molecule has 0 aromatic rings. The molecule has 0 aliphatic rings. The smallest absolute Gasteiger partial charge is 0.188 e. The summed E-state index contributed by atoms with van der Waals surface area (Å²) in [5.41, 5.74) is 0. The van der Waals surface area contributed by atoms with Crippen LogP contribution in [-0.4, -0.2) is 18.2 Å². The van der Waals surface area contributed by atoms with E-state index < -0.39 is 0 Å². The first-order valence-corrected chi connectivity index (χ1v) is 2.88. The van der Waals surface area contributed by atoms with Gasteiger partial charge in [-0.1, -0.05) is 11.8 Å². The van der Waals surface area contributed by atoms with E-state index >= 15 is 0 Å². The summed E-state index contributed by atoms with van der Waals surface area (Å²) in [6, 6.07) is 0. The molecule has 0 saturated carbocycles. The number of thioether (sulfide) groups is 1. The van der Waals surface area contributed by atoms with Crippen LogP contribution in [-0.2, 0) is 9.53 Å². The molecule has 7 heavy (non-hydrogen) atoms. The molecule has 0 aliphatic carbocycles. The van der Waals surface area contributed by atoms with Gasteiger partial charge in [-0.2, -0.15) is 0 Å². The molecule has 3 heteroatoms. The molecule has 0 atom stereocenters. The highest BCUT2D eigenvalue weighted by molar-refractivity contribution is 8.13. The van der Waals surface area contributed by atoms with Crippen molar-refractivity contribution in [3.8, 4) is 0 Å². The minimum Gasteiger partial charge on any atom is -0.374 e. The third kappa shape index (κ3) is 5.98. The number of hydrogen-bond donors (Lipinski definition) is 0. The van der Waals surface area contributed by atoms with Gasteiger partial charge in [0.25, 0.3) is 0 Å². The Kier molecular flexibility index (Phi) is 4.14. The van der Waals surface area contributed by atoms with Gasteiger partial charge < -0.3 is 4.74 Å². The lowest BCUT2D eigenvalue weighted by atomic mass is 10.9. The topological polar surface area (TPSA) is 26.3 Å². The maximum atomic E-state index is 10.1. The van der Waals surface area contributed by atoms with Gasteiger partial charge in [0, 0.05) is 14.0 Å². The third-order valence-corrected chi connectivity index (χ3v) is 1.14. The summed E-state index contributed by atoms with van der Waals surface area (Å²) in [7, 11) is 1.57. The molecular weight excluding hydrogens is 112 g/mol. The summed E-state index contributed by atoms with van der Waals surface area (Å²) in [5.74, 6) is 0.468. The number of methoxy groups -OCH3 is 1. The number of rotatable bonds is 2. The Bertz CT molecular complexity index is 62.7. The van der Waals surface area contributed by atoms with Crippen molar-refractivity contribution in [1.29, 1.82) is 0 Å². The normalized spacial score (nSPS) is 8.86. The standard InChI is InChI=1S/C4H8O2S/c1-4(5)7-3-6-2/h3H2,1-2H3. The molecule has 0 aromatic heterocycles. The van der Waals surface area contributed by atoms with E-state index in [1.807, 2.05) is 0 Å². The van der Waals surface area contributed by atoms with Crippen LogP contribution in [0.2, 0.25) is 0 Å². The first-order valence-electron chi connectivity index (χ1n) is 1.89. The van der Waals surface area contributed by atoms with Crippen molar-refractivity contribution in [2.45, 2.75) is 6.92 Å². The Morgan fingerprint density at radius 1 is 1.86 bits per heavy atom. The Balaban J connectivity index is 2.82. The molecule has 0 unspecified atom stereocenters. The molecule has 0 aliphatic heterocycles. The van der Waals surface area contributed by atoms with E-state index in [-0.39, 0.29) is 5.12 Å². The van der Waals surface area contributed by atoms with Gasteiger partial charge in [0.1, 0.15) is 0 Å². The maximum absolute atomic E-state index is 10.1. The molecule has 0 rings (SSSR count). The number of carbonyl (C=O) groups is 1. The summed E-state index contributed by atoms with van der Waals surface area (Å²) in [6.45, 7) is 1.52. The van der Waals surface area contributed by atoms with Crippen LogP contribution in [0.1, 0.15) is 6.92 Å². The van der Waals surface area contributed by atoms with Crippen LogP contribution in [0.3, 0.4) is 0 Å². The second-order valence-electron chi connectivity index (χ2n) is 1.04. The molecule has 0 saturated heterocycles. The van der Waals surface area contributed by atoms with Crippen molar-refractivity contribution < 1.29 is 9.53 Å². The van der Waals surface area contributed by atoms with E-state index in [0.29, 0.717) is 5.94 Å². The first-order chi connectivity index (χ1) is 3.27. The number of hydrogen-bond acceptors (Lipinski definition) is 3. The molecular formula is C4H8O2S. The molecule has 0 radical (unpaired) electrons. The SMILES string of the molecule is COCSC(C)=O. The maximum Gasteiger partial charge on any atom is 0.188 e. The molecule has 0 fully saturated rings. The molecule has 0 aromatic carbocycles. The molecule has 0 heterocycles. The molecule has 2 nitrogen and oxygen atoms in total. The average molecular weight is 120 g/mol. The molecule has 42 valence electrons. The number of carbonyl (C=O) groups excluding carboxylic acids is 1. The minimum atomic E-state index is 0.0989. The van der Waals surface area contributed by atoms with Gasteiger partial charge in [-0.15, -0.1) is 0 Å². The first kappa shape index (κ1) is 6.98. The summed E-state index contributed by atoms with van der Waals surface area (Å²) >= 11 is 1.17. The third-order valence-electron chi connectivity index (χ3n) is 0.380. The molecule has 0 N–H and O–H groups in total. The number of ether oxygens (including phenoxy) is 1. The molecule has 0 spiro atoms. The van der Waals surface area contributed by atoms with E-state index in [0.717, 1.165) is 0 Å². The minimum absolute atomic E-state index is 0.0989. The van der Waals surface area contributed by atoms with Crippen molar-refractivity contribution in [1.82, 2.24) is 0 Å². The van der Waals surface area contributed by atoms with Crippen molar-refractivity contribution in [3.05, 3.63) is 0 Å². The fourth-order valence-corrected chi connectivity index (χ4v) is 0.426. The predicted molar refractivity (Wildman–Crippen MR) is 30.1 cm³/mol. The van der Waals surface area contributed by atoms with Crippen LogP contribution < -0.4 is 0 Å². The molecule has 0 bridgehead atoms. The monoisotopic (exact) mass is 120 g/mol. The largest absolute Gasteiger partial charge is 0.374 e. The zero-order valence-electron chi connectivity index (χ0n) is 4.43. The van der Waals surface area contributed by atoms with Crippen molar-refractivity contribution in [3.63, 3.8) is 0 Å². The highest BCUT2D eigenvalue weighted by Crippen LogP contribution is 1.98. The zero-order chi connectivity index (χ0) is 5.70. The van der Waals surface area contributed by atoms with Gasteiger partial charge in [-0.05, 0) is 0 Å². The van der Waals surface area contributed by atoms with E-state index in [9.17, 15) is 4.79 Å². The molecule has 0 amide bonds. The summed E-state index contributed by atoms with van der Waals surface area (Å²) < 4.78 is 4.59. The summed E-state index contributed by atoms with van der Waals surface area (Å²) in [4.78, 5) is 10.1. The van der Waals surface area contributed by atoms with Crippen LogP contribution in [0.25, 0.3) is 0 Å². The van der Waals surface area contributed by atoms with Crippen molar-refractivity contribution in [2.24, 2.45) is 0 Å². The van der Waals surface area contributed by atoms with Gasteiger partial charge in [0.05, 0.1) is 5.94 Å². The highest BCUT2D eigenvalue weighted by atomic mass is 32.2. The van der Waals surface area contributed by atoms with Crippen LogP contribution >= 0.6 is 11.8 Å². The summed E-state index contributed by atoms with van der Waals surface area (Å²) in [6.07, 6.45) is 0. The fraction of sp³-hybridized carbons (Fsp3) is 0.750. The lowest BCUT2D eigenvalue weighted by molar-refractivity contribution is -0.109. The van der Waals surface area contributed by atoms with E-state index in [1.165, 1.54) is 18.7 Å². The Hall–Kier alpha value is -0.0200. The van der Waals surface area contributed by atoms with Crippen molar-refractivity contribution in [2.75, 3.05) is 13.0 Å². The van der Waals surface area contributed by atoms with Crippen molar-refractivity contribution >= 4 is 16.9 Å². The van der Waals surface area contributed by atoms with Crippen LogP contribution in [0, 0.1) is 0 Å². The predicted octanol–water partition coefficient (Wildman–Crippen LogP) is 0.870. The quantitative estimate of drug-likeness (QED) is 0.506. The highest BCUT2D eigenvalue weighted by Gasteiger charge is 1.88. The lowest BCUT2D eigenvalue weighted by Crippen LogP contribution is -1.86. The van der Waals surface area contributed by atoms with Gasteiger partial charge in [-0.25, -0.2) is 0 Å². The van der Waals surface area contributed by atoms with Crippen LogP contribution in [0.4, 0.5) is 0 Å². The second kappa shape index (κ2) is 4.15. The lowest BCUT2D eigenvalue weighted by Gasteiger charge is -1.89. The van der Waals surface area contributed by atoms with Crippen LogP contribution in [0.15, 0.2) is 0 Å².